The number of halogens is 3. The minimum absolute atomic E-state index is 0.181. The molecule has 1 heterocycles. The van der Waals surface area contributed by atoms with Crippen molar-refractivity contribution in [3.63, 3.8) is 0 Å². The van der Waals surface area contributed by atoms with E-state index in [9.17, 15) is 22.4 Å². The van der Waals surface area contributed by atoms with Gasteiger partial charge < -0.3 is 10.2 Å². The van der Waals surface area contributed by atoms with Crippen LogP contribution in [0.2, 0.25) is 5.02 Å². The number of benzene rings is 2. The molecular weight excluding hydrogens is 531 g/mol. The molecule has 0 spiro atoms. The zero-order valence-electron chi connectivity index (χ0n) is 16.6. The quantitative estimate of drug-likeness (QED) is 0.414. The molecule has 0 aliphatic carbocycles. The minimum Gasteiger partial charge on any atom is -0.391 e. The van der Waals surface area contributed by atoms with Crippen molar-refractivity contribution in [2.45, 2.75) is 30.7 Å². The Morgan fingerprint density at radius 3 is 2.62 bits per heavy atom. The van der Waals surface area contributed by atoms with Crippen LogP contribution < -0.4 is 16.2 Å². The topological polar surface area (TPSA) is 148 Å². The van der Waals surface area contributed by atoms with Crippen LogP contribution in [0.25, 0.3) is 0 Å². The zero-order valence-corrected chi connectivity index (χ0v) is 19.8. The first-order chi connectivity index (χ1) is 14.9. The molecule has 32 heavy (non-hydrogen) atoms. The van der Waals surface area contributed by atoms with Gasteiger partial charge in [-0.15, -0.1) is 5.10 Å². The molecule has 0 bridgehead atoms. The third-order valence-corrected chi connectivity index (χ3v) is 7.17. The molecule has 170 valence electrons. The Morgan fingerprint density at radius 1 is 1.34 bits per heavy atom. The number of H-pyrrole nitrogens is 1. The summed E-state index contributed by atoms with van der Waals surface area (Å²) in [4.78, 5) is 23.0. The molecule has 0 fully saturated rings. The molecule has 2 atom stereocenters. The van der Waals surface area contributed by atoms with E-state index in [4.69, 9.17) is 21.8 Å². The molecule has 0 saturated carbocycles. The molecular formula is C19H17BrClFN4O5S. The Balaban J connectivity index is 2.14. The van der Waals surface area contributed by atoms with E-state index >= 15 is 0 Å². The highest BCUT2D eigenvalue weighted by molar-refractivity contribution is 9.10. The number of hydrogen-bond acceptors (Lipinski definition) is 6. The highest BCUT2D eigenvalue weighted by Crippen LogP contribution is 2.37. The number of aromatic nitrogens is 2. The average molecular weight is 548 g/mol. The van der Waals surface area contributed by atoms with Gasteiger partial charge in [0.2, 0.25) is 21.8 Å². The predicted octanol–water partition coefficient (Wildman–Crippen LogP) is 3.15. The van der Waals surface area contributed by atoms with Crippen molar-refractivity contribution in [1.29, 1.82) is 0 Å². The fraction of sp³-hybridized carbons (Fsp3) is 0.211. The summed E-state index contributed by atoms with van der Waals surface area (Å²) in [5.41, 5.74) is 5.56. The number of nitrogens with one attached hydrogen (secondary N) is 2. The van der Waals surface area contributed by atoms with Gasteiger partial charge in [-0.1, -0.05) is 34.5 Å². The lowest BCUT2D eigenvalue weighted by Crippen LogP contribution is -2.34. The van der Waals surface area contributed by atoms with Crippen LogP contribution in [0.1, 0.15) is 46.3 Å². The average Bonchev–Trinajstić information content (AvgIpc) is 3.15. The molecule has 0 radical (unpaired) electrons. The van der Waals surface area contributed by atoms with Crippen LogP contribution in [0.15, 0.2) is 48.9 Å². The summed E-state index contributed by atoms with van der Waals surface area (Å²) >= 11 is 9.44. The molecule has 2 aromatic carbocycles. The first-order valence-corrected chi connectivity index (χ1v) is 11.7. The lowest BCUT2D eigenvalue weighted by atomic mass is 9.90. The molecule has 13 heteroatoms. The summed E-state index contributed by atoms with van der Waals surface area (Å²) in [6, 6.07) is 5.10. The van der Waals surface area contributed by atoms with Crippen molar-refractivity contribution >= 4 is 43.5 Å². The SMILES string of the molecule is Cc1c(F)ccc(Cl)c1[C@@H](C)[C@H](NS(=O)(=O)c1ccc(Br)cc1C(N)=O)c1n[nH]c(=O)o1. The lowest BCUT2D eigenvalue weighted by Gasteiger charge is -2.25. The molecule has 1 aromatic heterocycles. The molecule has 1 amide bonds. The maximum absolute atomic E-state index is 14.2. The Bertz CT molecular complexity index is 1360. The first-order valence-electron chi connectivity index (χ1n) is 9.04. The van der Waals surface area contributed by atoms with Crippen molar-refractivity contribution in [1.82, 2.24) is 14.9 Å². The number of nitrogens with two attached hydrogens (primary N) is 1. The second-order valence-corrected chi connectivity index (χ2v) is 9.92. The Morgan fingerprint density at radius 2 is 2.03 bits per heavy atom. The van der Waals surface area contributed by atoms with Crippen molar-refractivity contribution in [3.8, 4) is 0 Å². The van der Waals surface area contributed by atoms with E-state index in [0.717, 1.165) is 0 Å². The van der Waals surface area contributed by atoms with Gasteiger partial charge >= 0.3 is 5.76 Å². The maximum atomic E-state index is 14.2. The summed E-state index contributed by atoms with van der Waals surface area (Å²) in [6.07, 6.45) is 0. The third kappa shape index (κ3) is 4.77. The number of amides is 1. The van der Waals surface area contributed by atoms with Crippen LogP contribution in [-0.4, -0.2) is 24.5 Å². The fourth-order valence-corrected chi connectivity index (χ4v) is 5.50. The van der Waals surface area contributed by atoms with Crippen LogP contribution in [0.5, 0.6) is 0 Å². The molecule has 9 nitrogen and oxygen atoms in total. The fourth-order valence-electron chi connectivity index (χ4n) is 3.29. The molecule has 0 aliphatic heterocycles. The largest absolute Gasteiger partial charge is 0.434 e. The van der Waals surface area contributed by atoms with E-state index in [0.29, 0.717) is 4.47 Å². The van der Waals surface area contributed by atoms with Gasteiger partial charge in [0.25, 0.3) is 0 Å². The normalized spacial score (nSPS) is 13.7. The van der Waals surface area contributed by atoms with E-state index < -0.39 is 44.4 Å². The second-order valence-electron chi connectivity index (χ2n) is 6.91. The number of aromatic amines is 1. The number of nitrogens with zero attached hydrogens (tertiary/aromatic N) is 1. The van der Waals surface area contributed by atoms with Gasteiger partial charge in [-0.3, -0.25) is 4.79 Å². The molecule has 0 unspecified atom stereocenters. The van der Waals surface area contributed by atoms with Crippen LogP contribution in [0.4, 0.5) is 4.39 Å². The monoisotopic (exact) mass is 546 g/mol. The summed E-state index contributed by atoms with van der Waals surface area (Å²) in [6.45, 7) is 3.05. The van der Waals surface area contributed by atoms with Crippen molar-refractivity contribution in [2.24, 2.45) is 5.73 Å². The van der Waals surface area contributed by atoms with Crippen LogP contribution >= 0.6 is 27.5 Å². The first kappa shape index (κ1) is 24.1. The van der Waals surface area contributed by atoms with E-state index in [2.05, 4.69) is 30.8 Å². The molecule has 4 N–H and O–H groups in total. The number of rotatable bonds is 7. The molecule has 3 rings (SSSR count). The summed E-state index contributed by atoms with van der Waals surface area (Å²) in [5, 5.41) is 5.97. The van der Waals surface area contributed by atoms with Gasteiger partial charge in [0.1, 0.15) is 11.9 Å². The van der Waals surface area contributed by atoms with Crippen LogP contribution in [0.3, 0.4) is 0 Å². The second kappa shape index (κ2) is 9.14. The van der Waals surface area contributed by atoms with Crippen molar-refractivity contribution in [2.75, 3.05) is 0 Å². The van der Waals surface area contributed by atoms with E-state index in [-0.39, 0.29) is 27.6 Å². The molecule has 0 aliphatic rings. The molecule has 3 aromatic rings. The van der Waals surface area contributed by atoms with Crippen molar-refractivity contribution < 1.29 is 22.0 Å². The lowest BCUT2D eigenvalue weighted by molar-refractivity contribution is 0.0997. The number of sulfonamides is 1. The summed E-state index contributed by atoms with van der Waals surface area (Å²) < 4.78 is 48.5. The van der Waals surface area contributed by atoms with Gasteiger partial charge in [0.15, 0.2) is 0 Å². The standard InChI is InChI=1S/C19H17BrClFN4O5S/c1-8-13(22)5-4-12(21)15(8)9(2)16(18-24-25-19(28)31-18)26-32(29,30)14-6-3-10(20)7-11(14)17(23)27/h3-7,9,16,26H,1-2H3,(H2,23,27)(H,25,28)/t9-,16+/m1/s1. The Hall–Kier alpha value is -2.54. The smallest absolute Gasteiger partial charge is 0.391 e. The predicted molar refractivity (Wildman–Crippen MR) is 117 cm³/mol. The van der Waals surface area contributed by atoms with Gasteiger partial charge in [0.05, 0.1) is 10.5 Å². The number of carbonyl (C=O) groups is 1. The molecule has 0 saturated heterocycles. The van der Waals surface area contributed by atoms with Gasteiger partial charge in [-0.2, -0.15) is 4.72 Å². The van der Waals surface area contributed by atoms with Gasteiger partial charge in [-0.05, 0) is 48.4 Å². The Labute approximate surface area is 195 Å². The minimum atomic E-state index is -4.40. The van der Waals surface area contributed by atoms with Crippen LogP contribution in [-0.2, 0) is 10.0 Å². The number of carbonyl (C=O) groups excluding carboxylic acids is 1. The highest BCUT2D eigenvalue weighted by Gasteiger charge is 2.34. The zero-order chi connectivity index (χ0) is 23.8. The van der Waals surface area contributed by atoms with Gasteiger partial charge in [-0.25, -0.2) is 22.7 Å². The van der Waals surface area contributed by atoms with E-state index in [1.54, 1.807) is 6.92 Å². The maximum Gasteiger partial charge on any atom is 0.434 e. The van der Waals surface area contributed by atoms with Crippen LogP contribution in [0, 0.1) is 12.7 Å². The van der Waals surface area contributed by atoms with Crippen molar-refractivity contribution in [3.05, 3.63) is 78.8 Å². The Kier molecular flexibility index (Phi) is 6.89. The van der Waals surface area contributed by atoms with Gasteiger partial charge in [0, 0.05) is 15.4 Å². The number of hydrogen-bond donors (Lipinski definition) is 3. The summed E-state index contributed by atoms with van der Waals surface area (Å²) in [5.74, 6) is -3.58. The van der Waals surface area contributed by atoms with E-state index in [1.807, 2.05) is 0 Å². The highest BCUT2D eigenvalue weighted by atomic mass is 79.9. The van der Waals surface area contributed by atoms with E-state index in [1.165, 1.54) is 37.3 Å². The number of primary amides is 1. The summed E-state index contributed by atoms with van der Waals surface area (Å²) in [7, 11) is -4.40. The third-order valence-electron chi connectivity index (χ3n) is 4.85.